The first-order valence-corrected chi connectivity index (χ1v) is 7.92. The smallest absolute Gasteiger partial charge is 0.221 e. The maximum Gasteiger partial charge on any atom is 0.221 e. The molecule has 3 nitrogen and oxygen atoms in total. The van der Waals surface area contributed by atoms with Crippen LogP contribution >= 0.6 is 0 Å². The zero-order chi connectivity index (χ0) is 15.1. The normalized spacial score (nSPS) is 11.2. The van der Waals surface area contributed by atoms with E-state index < -0.39 is 0 Å². The number of rotatable bonds is 8. The topological polar surface area (TPSA) is 34.1 Å². The third kappa shape index (κ3) is 4.43. The fourth-order valence-electron chi connectivity index (χ4n) is 2.29. The number of nitrogens with zero attached hydrogens (tertiary/aromatic N) is 1. The van der Waals surface area contributed by atoms with E-state index in [1.807, 2.05) is 12.3 Å². The van der Waals surface area contributed by atoms with Crippen molar-refractivity contribution in [2.24, 2.45) is 5.92 Å². The van der Waals surface area contributed by atoms with E-state index in [4.69, 9.17) is 4.74 Å². The highest BCUT2D eigenvalue weighted by Gasteiger charge is 2.08. The van der Waals surface area contributed by atoms with Crippen LogP contribution in [-0.4, -0.2) is 18.1 Å². The van der Waals surface area contributed by atoms with Gasteiger partial charge in [0.1, 0.15) is 0 Å². The summed E-state index contributed by atoms with van der Waals surface area (Å²) < 4.78 is 5.83. The van der Waals surface area contributed by atoms with Crippen molar-refractivity contribution in [1.29, 1.82) is 0 Å². The Kier molecular flexibility index (Phi) is 6.00. The molecule has 0 spiro atoms. The summed E-state index contributed by atoms with van der Waals surface area (Å²) in [5.41, 5.74) is 1.23. The molecule has 0 saturated heterocycles. The second-order valence-corrected chi connectivity index (χ2v) is 5.86. The van der Waals surface area contributed by atoms with E-state index in [0.29, 0.717) is 5.92 Å². The van der Waals surface area contributed by atoms with Crippen LogP contribution in [0.5, 0.6) is 5.88 Å². The van der Waals surface area contributed by atoms with Gasteiger partial charge in [0.15, 0.2) is 0 Å². The lowest BCUT2D eigenvalue weighted by Gasteiger charge is -2.12. The number of fused-ring (bicyclic) bond motifs is 1. The Morgan fingerprint density at radius 3 is 2.67 bits per heavy atom. The maximum atomic E-state index is 5.83. The van der Waals surface area contributed by atoms with Crippen molar-refractivity contribution in [3.63, 3.8) is 0 Å². The van der Waals surface area contributed by atoms with Crippen LogP contribution in [0.2, 0.25) is 0 Å². The first-order valence-electron chi connectivity index (χ1n) is 7.92. The van der Waals surface area contributed by atoms with Crippen LogP contribution in [0.25, 0.3) is 10.8 Å². The number of unbranched alkanes of at least 4 members (excludes halogenated alkanes) is 1. The van der Waals surface area contributed by atoms with Crippen molar-refractivity contribution < 1.29 is 4.74 Å². The molecule has 0 unspecified atom stereocenters. The summed E-state index contributed by atoms with van der Waals surface area (Å²) >= 11 is 0. The second kappa shape index (κ2) is 7.99. The van der Waals surface area contributed by atoms with Crippen molar-refractivity contribution in [2.45, 2.75) is 40.2 Å². The molecule has 0 aliphatic rings. The number of hydrogen-bond donors (Lipinski definition) is 1. The molecule has 1 heterocycles. The van der Waals surface area contributed by atoms with Gasteiger partial charge in [-0.2, -0.15) is 0 Å². The molecule has 0 amide bonds. The van der Waals surface area contributed by atoms with E-state index in [-0.39, 0.29) is 0 Å². The van der Waals surface area contributed by atoms with Crippen LogP contribution in [0.3, 0.4) is 0 Å². The lowest BCUT2D eigenvalue weighted by atomic mass is 10.1. The molecule has 114 valence electrons. The first kappa shape index (κ1) is 15.8. The lowest BCUT2D eigenvalue weighted by Crippen LogP contribution is -2.19. The van der Waals surface area contributed by atoms with Crippen LogP contribution in [-0.2, 0) is 6.54 Å². The molecule has 21 heavy (non-hydrogen) atoms. The van der Waals surface area contributed by atoms with Crippen LogP contribution < -0.4 is 10.1 Å². The monoisotopic (exact) mass is 286 g/mol. The van der Waals surface area contributed by atoms with Crippen LogP contribution in [0, 0.1) is 5.92 Å². The number of nitrogens with one attached hydrogen (secondary N) is 1. The summed E-state index contributed by atoms with van der Waals surface area (Å²) in [6.07, 6.45) is 4.14. The summed E-state index contributed by atoms with van der Waals surface area (Å²) in [4.78, 5) is 4.51. The van der Waals surface area contributed by atoms with E-state index >= 15 is 0 Å². The standard InChI is InChI=1S/C18H26N2O/c1-4-5-10-21-18-17-9-7-6-8-16(17)15(13-20-18)12-19-11-14(2)3/h6-9,13-14,19H,4-5,10-12H2,1-3H3. The van der Waals surface area contributed by atoms with E-state index in [0.717, 1.165) is 43.8 Å². The van der Waals surface area contributed by atoms with Crippen molar-refractivity contribution in [2.75, 3.05) is 13.2 Å². The zero-order valence-corrected chi connectivity index (χ0v) is 13.4. The number of pyridine rings is 1. The number of ether oxygens (including phenoxy) is 1. The highest BCUT2D eigenvalue weighted by atomic mass is 16.5. The molecule has 0 saturated carbocycles. The minimum Gasteiger partial charge on any atom is -0.477 e. The van der Waals surface area contributed by atoms with Crippen molar-refractivity contribution in [3.8, 4) is 5.88 Å². The minimum atomic E-state index is 0.654. The Hall–Kier alpha value is -1.61. The number of benzene rings is 1. The third-order valence-corrected chi connectivity index (χ3v) is 3.45. The largest absolute Gasteiger partial charge is 0.477 e. The van der Waals surface area contributed by atoms with Gasteiger partial charge in [-0.05, 0) is 35.9 Å². The minimum absolute atomic E-state index is 0.654. The average Bonchev–Trinajstić information content (AvgIpc) is 2.49. The predicted molar refractivity (Wildman–Crippen MR) is 88.7 cm³/mol. The number of hydrogen-bond acceptors (Lipinski definition) is 3. The Balaban J connectivity index is 2.18. The second-order valence-electron chi connectivity index (χ2n) is 5.86. The molecule has 0 aliphatic heterocycles. The fraction of sp³-hybridized carbons (Fsp3) is 0.500. The van der Waals surface area contributed by atoms with Crippen LogP contribution in [0.1, 0.15) is 39.2 Å². The Bertz CT molecular complexity index is 566. The average molecular weight is 286 g/mol. The predicted octanol–water partition coefficient (Wildman–Crippen LogP) is 4.16. The van der Waals surface area contributed by atoms with Gasteiger partial charge in [0.25, 0.3) is 0 Å². The Morgan fingerprint density at radius 2 is 1.95 bits per heavy atom. The fourth-order valence-corrected chi connectivity index (χ4v) is 2.29. The first-order chi connectivity index (χ1) is 10.2. The molecule has 1 N–H and O–H groups in total. The highest BCUT2D eigenvalue weighted by Crippen LogP contribution is 2.26. The molecule has 0 atom stereocenters. The molecule has 1 aromatic heterocycles. The van der Waals surface area contributed by atoms with Gasteiger partial charge >= 0.3 is 0 Å². The van der Waals surface area contributed by atoms with E-state index in [2.05, 4.69) is 49.3 Å². The van der Waals surface area contributed by atoms with Gasteiger partial charge in [-0.15, -0.1) is 0 Å². The molecule has 0 bridgehead atoms. The van der Waals surface area contributed by atoms with E-state index in [1.54, 1.807) is 0 Å². The van der Waals surface area contributed by atoms with Gasteiger partial charge < -0.3 is 10.1 Å². The zero-order valence-electron chi connectivity index (χ0n) is 13.4. The summed E-state index contributed by atoms with van der Waals surface area (Å²) in [5.74, 6) is 1.41. The van der Waals surface area contributed by atoms with Crippen molar-refractivity contribution >= 4 is 10.8 Å². The molecule has 3 heteroatoms. The van der Waals surface area contributed by atoms with Gasteiger partial charge in [0.2, 0.25) is 5.88 Å². The molecule has 1 aromatic carbocycles. The summed E-state index contributed by atoms with van der Waals surface area (Å²) in [7, 11) is 0. The molecule has 0 aliphatic carbocycles. The quantitative estimate of drug-likeness (QED) is 0.740. The third-order valence-electron chi connectivity index (χ3n) is 3.45. The van der Waals surface area contributed by atoms with E-state index in [9.17, 15) is 0 Å². The molecule has 0 radical (unpaired) electrons. The molecular formula is C18H26N2O. The van der Waals surface area contributed by atoms with Gasteiger partial charge in [-0.3, -0.25) is 0 Å². The highest BCUT2D eigenvalue weighted by molar-refractivity contribution is 5.89. The summed E-state index contributed by atoms with van der Waals surface area (Å²) in [6, 6.07) is 8.36. The van der Waals surface area contributed by atoms with Gasteiger partial charge in [0.05, 0.1) is 6.61 Å². The molecule has 2 rings (SSSR count). The van der Waals surface area contributed by atoms with Gasteiger partial charge in [-0.1, -0.05) is 45.4 Å². The summed E-state index contributed by atoms with van der Waals surface area (Å²) in [6.45, 7) is 9.20. The SMILES string of the molecule is CCCCOc1ncc(CNCC(C)C)c2ccccc12. The molecule has 0 fully saturated rings. The molecular weight excluding hydrogens is 260 g/mol. The Morgan fingerprint density at radius 1 is 1.19 bits per heavy atom. The molecule has 2 aromatic rings. The summed E-state index contributed by atoms with van der Waals surface area (Å²) in [5, 5.41) is 5.82. The lowest BCUT2D eigenvalue weighted by molar-refractivity contribution is 0.301. The number of aromatic nitrogens is 1. The van der Waals surface area contributed by atoms with Crippen LogP contribution in [0.4, 0.5) is 0 Å². The van der Waals surface area contributed by atoms with Gasteiger partial charge in [-0.25, -0.2) is 4.98 Å². The van der Waals surface area contributed by atoms with Gasteiger partial charge in [0, 0.05) is 18.1 Å². The van der Waals surface area contributed by atoms with Crippen molar-refractivity contribution in [1.82, 2.24) is 10.3 Å². The maximum absolute atomic E-state index is 5.83. The van der Waals surface area contributed by atoms with Crippen LogP contribution in [0.15, 0.2) is 30.5 Å². The van der Waals surface area contributed by atoms with E-state index in [1.165, 1.54) is 10.9 Å². The Labute approximate surface area is 127 Å². The van der Waals surface area contributed by atoms with Crippen molar-refractivity contribution in [3.05, 3.63) is 36.0 Å².